The smallest absolute Gasteiger partial charge is 0.239 e. The van der Waals surface area contributed by atoms with Crippen molar-refractivity contribution in [1.29, 1.82) is 0 Å². The van der Waals surface area contributed by atoms with Crippen LogP contribution in [0.2, 0.25) is 0 Å². The fraction of sp³-hybridized carbons (Fsp3) is 0.333. The van der Waals surface area contributed by atoms with Crippen molar-refractivity contribution in [3.05, 3.63) is 64.7 Å². The molecule has 0 saturated heterocycles. The van der Waals surface area contributed by atoms with Crippen LogP contribution < -0.4 is 4.31 Å². The van der Waals surface area contributed by atoms with Crippen LogP contribution in [0.3, 0.4) is 0 Å². The highest BCUT2D eigenvalue weighted by Crippen LogP contribution is 2.38. The predicted molar refractivity (Wildman–Crippen MR) is 91.9 cm³/mol. The number of sulfonamides is 1. The second-order valence-electron chi connectivity index (χ2n) is 6.07. The van der Waals surface area contributed by atoms with Crippen molar-refractivity contribution in [3.63, 3.8) is 0 Å². The summed E-state index contributed by atoms with van der Waals surface area (Å²) in [6.45, 7) is 4.12. The van der Waals surface area contributed by atoms with E-state index >= 15 is 0 Å². The molecule has 0 amide bonds. The van der Waals surface area contributed by atoms with Crippen molar-refractivity contribution in [1.82, 2.24) is 0 Å². The number of aliphatic hydroxyl groups is 1. The maximum atomic E-state index is 13.0. The van der Waals surface area contributed by atoms with Gasteiger partial charge in [0, 0.05) is 12.1 Å². The Morgan fingerprint density at radius 3 is 2.52 bits per heavy atom. The Bertz CT molecular complexity index is 830. The van der Waals surface area contributed by atoms with E-state index < -0.39 is 16.1 Å². The minimum absolute atomic E-state index is 0.0243. The third-order valence-electron chi connectivity index (χ3n) is 4.42. The van der Waals surface area contributed by atoms with Gasteiger partial charge in [0.25, 0.3) is 0 Å². The van der Waals surface area contributed by atoms with Gasteiger partial charge in [0.1, 0.15) is 0 Å². The highest BCUT2D eigenvalue weighted by atomic mass is 32.2. The first kappa shape index (κ1) is 16.0. The van der Waals surface area contributed by atoms with Gasteiger partial charge in [-0.2, -0.15) is 0 Å². The van der Waals surface area contributed by atoms with E-state index in [1.54, 1.807) is 0 Å². The van der Waals surface area contributed by atoms with Crippen molar-refractivity contribution in [2.75, 3.05) is 10.8 Å². The van der Waals surface area contributed by atoms with Crippen LogP contribution in [-0.4, -0.2) is 20.1 Å². The number of hydrogen-bond acceptors (Lipinski definition) is 3. The molecule has 0 saturated carbocycles. The summed E-state index contributed by atoms with van der Waals surface area (Å²) in [6, 6.07) is 13.1. The molecule has 0 aliphatic carbocycles. The number of para-hydroxylation sites is 1. The third-order valence-corrected chi connectivity index (χ3v) is 6.13. The Labute approximate surface area is 137 Å². The van der Waals surface area contributed by atoms with Crippen LogP contribution in [0.4, 0.5) is 5.69 Å². The number of aliphatic hydroxyl groups excluding tert-OH is 1. The first-order chi connectivity index (χ1) is 10.9. The molecule has 5 heteroatoms. The molecule has 3 rings (SSSR count). The van der Waals surface area contributed by atoms with Crippen molar-refractivity contribution in [3.8, 4) is 0 Å². The molecule has 1 heterocycles. The minimum Gasteiger partial charge on any atom is -0.388 e. The van der Waals surface area contributed by atoms with Gasteiger partial charge in [0.05, 0.1) is 17.5 Å². The zero-order valence-electron chi connectivity index (χ0n) is 13.4. The molecular weight excluding hydrogens is 310 g/mol. The summed E-state index contributed by atoms with van der Waals surface area (Å²) in [7, 11) is -3.50. The number of fused-ring (bicyclic) bond motifs is 1. The zero-order chi connectivity index (χ0) is 16.6. The van der Waals surface area contributed by atoms with E-state index in [1.807, 2.05) is 56.3 Å². The molecule has 1 aliphatic rings. The molecule has 2 aromatic carbocycles. The summed E-state index contributed by atoms with van der Waals surface area (Å²) >= 11 is 0. The lowest BCUT2D eigenvalue weighted by molar-refractivity contribution is 0.166. The Morgan fingerprint density at radius 1 is 1.09 bits per heavy atom. The van der Waals surface area contributed by atoms with E-state index in [9.17, 15) is 13.5 Å². The van der Waals surface area contributed by atoms with E-state index in [1.165, 1.54) is 4.31 Å². The second kappa shape index (κ2) is 5.98. The van der Waals surface area contributed by atoms with Gasteiger partial charge < -0.3 is 5.11 Å². The van der Waals surface area contributed by atoms with E-state index in [-0.39, 0.29) is 5.75 Å². The lowest BCUT2D eigenvalue weighted by atomic mass is 9.98. The molecule has 1 aliphatic heterocycles. The highest BCUT2D eigenvalue weighted by molar-refractivity contribution is 7.92. The molecule has 0 radical (unpaired) electrons. The molecule has 2 aromatic rings. The van der Waals surface area contributed by atoms with Gasteiger partial charge in [-0.05, 0) is 37.0 Å². The molecule has 1 N–H and O–H groups in total. The molecular formula is C18H21NO3S. The molecule has 122 valence electrons. The summed E-state index contributed by atoms with van der Waals surface area (Å²) in [5, 5.41) is 10.2. The van der Waals surface area contributed by atoms with Gasteiger partial charge >= 0.3 is 0 Å². The largest absolute Gasteiger partial charge is 0.388 e. The average Bonchev–Trinajstić information content (AvgIpc) is 2.50. The Morgan fingerprint density at radius 2 is 1.78 bits per heavy atom. The fourth-order valence-electron chi connectivity index (χ4n) is 3.12. The number of rotatable bonds is 3. The molecule has 0 fully saturated rings. The quantitative estimate of drug-likeness (QED) is 0.940. The summed E-state index contributed by atoms with van der Waals surface area (Å²) < 4.78 is 27.4. The monoisotopic (exact) mass is 331 g/mol. The highest BCUT2D eigenvalue weighted by Gasteiger charge is 2.32. The number of anilines is 1. The standard InChI is InChI=1S/C18H21NO3S/c1-13-6-3-4-8-15(13)12-23(21,22)19-11-10-17(20)16-9-5-7-14(2)18(16)19/h3-9,17,20H,10-12H2,1-2H3. The first-order valence-electron chi connectivity index (χ1n) is 7.72. The lowest BCUT2D eigenvalue weighted by Crippen LogP contribution is -2.38. The maximum absolute atomic E-state index is 13.0. The SMILES string of the molecule is Cc1ccccc1CS(=O)(=O)N1CCC(O)c2cccc(C)c21. The summed E-state index contributed by atoms with van der Waals surface area (Å²) in [4.78, 5) is 0. The van der Waals surface area contributed by atoms with Crippen LogP contribution in [0.25, 0.3) is 0 Å². The molecule has 0 aromatic heterocycles. The van der Waals surface area contributed by atoms with Crippen LogP contribution in [0.1, 0.15) is 34.8 Å². The van der Waals surface area contributed by atoms with Crippen molar-refractivity contribution in [2.24, 2.45) is 0 Å². The van der Waals surface area contributed by atoms with Crippen LogP contribution in [0, 0.1) is 13.8 Å². The van der Waals surface area contributed by atoms with E-state index in [4.69, 9.17) is 0 Å². The van der Waals surface area contributed by atoms with Gasteiger partial charge in [-0.3, -0.25) is 4.31 Å². The Hall–Kier alpha value is -1.85. The summed E-state index contributed by atoms with van der Waals surface area (Å²) in [5.74, 6) is -0.0243. The number of benzene rings is 2. The number of aryl methyl sites for hydroxylation is 2. The molecule has 23 heavy (non-hydrogen) atoms. The van der Waals surface area contributed by atoms with E-state index in [0.717, 1.165) is 16.7 Å². The van der Waals surface area contributed by atoms with Crippen LogP contribution >= 0.6 is 0 Å². The molecule has 1 unspecified atom stereocenters. The van der Waals surface area contributed by atoms with E-state index in [2.05, 4.69) is 0 Å². The fourth-order valence-corrected chi connectivity index (χ4v) is 4.91. The molecule has 0 spiro atoms. The van der Waals surface area contributed by atoms with Crippen molar-refractivity contribution in [2.45, 2.75) is 32.1 Å². The summed E-state index contributed by atoms with van der Waals surface area (Å²) in [5.41, 5.74) is 3.99. The molecule has 1 atom stereocenters. The molecule has 0 bridgehead atoms. The van der Waals surface area contributed by atoms with Crippen molar-refractivity contribution < 1.29 is 13.5 Å². The number of hydrogen-bond donors (Lipinski definition) is 1. The van der Waals surface area contributed by atoms with Gasteiger partial charge in [-0.15, -0.1) is 0 Å². The Kier molecular flexibility index (Phi) is 4.17. The first-order valence-corrected chi connectivity index (χ1v) is 9.33. The van der Waals surface area contributed by atoms with E-state index in [0.29, 0.717) is 24.2 Å². The van der Waals surface area contributed by atoms with Crippen LogP contribution in [0.5, 0.6) is 0 Å². The van der Waals surface area contributed by atoms with Crippen molar-refractivity contribution >= 4 is 15.7 Å². The van der Waals surface area contributed by atoms with Gasteiger partial charge in [-0.1, -0.05) is 42.5 Å². The molecule has 4 nitrogen and oxygen atoms in total. The Balaban J connectivity index is 2.02. The normalized spacial score (nSPS) is 17.9. The maximum Gasteiger partial charge on any atom is 0.239 e. The zero-order valence-corrected chi connectivity index (χ0v) is 14.2. The minimum atomic E-state index is -3.50. The van der Waals surface area contributed by atoms with Gasteiger partial charge in [-0.25, -0.2) is 8.42 Å². The topological polar surface area (TPSA) is 57.6 Å². The third kappa shape index (κ3) is 2.99. The van der Waals surface area contributed by atoms with Crippen LogP contribution in [-0.2, 0) is 15.8 Å². The number of nitrogens with zero attached hydrogens (tertiary/aromatic N) is 1. The second-order valence-corrected chi connectivity index (χ2v) is 7.97. The predicted octanol–water partition coefficient (Wildman–Crippen LogP) is 3.08. The average molecular weight is 331 g/mol. The van der Waals surface area contributed by atoms with Gasteiger partial charge in [0.15, 0.2) is 0 Å². The van der Waals surface area contributed by atoms with Crippen LogP contribution in [0.15, 0.2) is 42.5 Å². The van der Waals surface area contributed by atoms with Gasteiger partial charge in [0.2, 0.25) is 10.0 Å². The summed E-state index contributed by atoms with van der Waals surface area (Å²) in [6.07, 6.45) is -0.182. The lowest BCUT2D eigenvalue weighted by Gasteiger charge is -2.34.